The number of likely N-dealkylation sites (tertiary alicyclic amines) is 3. The van der Waals surface area contributed by atoms with Gasteiger partial charge in [-0.05, 0) is 129 Å². The Hall–Kier alpha value is -9.59. The summed E-state index contributed by atoms with van der Waals surface area (Å²) < 4.78 is 32.1. The van der Waals surface area contributed by atoms with Crippen molar-refractivity contribution in [3.63, 3.8) is 0 Å². The average Bonchev–Trinajstić information content (AvgIpc) is 0.798. The summed E-state index contributed by atoms with van der Waals surface area (Å²) in [6, 6.07) is 72.8. The normalized spacial score (nSPS) is 14.8. The van der Waals surface area contributed by atoms with E-state index < -0.39 is 28.0 Å². The molecule has 528 valence electrons. The van der Waals surface area contributed by atoms with E-state index in [0.717, 1.165) is 46.2 Å². The highest BCUT2D eigenvalue weighted by atomic mass is 35.5. The predicted molar refractivity (Wildman–Crippen MR) is 390 cm³/mol. The lowest BCUT2D eigenvalue weighted by Gasteiger charge is -2.42. The molecule has 3 heterocycles. The van der Waals surface area contributed by atoms with E-state index in [9.17, 15) is 28.8 Å². The molecule has 5 amide bonds. The third-order valence-electron chi connectivity index (χ3n) is 17.0. The Morgan fingerprint density at radius 2 is 0.710 bits per heavy atom. The summed E-state index contributed by atoms with van der Waals surface area (Å²) in [5, 5.41) is 6.04. The first-order valence-corrected chi connectivity index (χ1v) is 34.4. The molecule has 0 spiro atoms. The van der Waals surface area contributed by atoms with Crippen LogP contribution in [0.1, 0.15) is 113 Å². The number of carbonyl (C=O) groups excluding carboxylic acids is 6. The van der Waals surface area contributed by atoms with E-state index in [1.54, 1.807) is 58.2 Å². The molecule has 21 heteroatoms. The van der Waals surface area contributed by atoms with Crippen LogP contribution in [0.25, 0.3) is 0 Å². The number of methoxy groups -OCH3 is 2. The second-order valence-electron chi connectivity index (χ2n) is 24.9. The highest BCUT2D eigenvalue weighted by molar-refractivity contribution is 6.68. The van der Waals surface area contributed by atoms with E-state index in [1.165, 1.54) is 7.11 Å². The number of nitrogens with two attached hydrogens (primary N) is 1. The molecule has 8 aromatic rings. The molecule has 3 fully saturated rings. The molecule has 3 aliphatic heterocycles. The summed E-state index contributed by atoms with van der Waals surface area (Å²) in [4.78, 5) is 79.0. The minimum absolute atomic E-state index is 0.194. The number of ether oxygens (including phenoxy) is 6. The molecule has 100 heavy (non-hydrogen) atoms. The maximum Gasteiger partial charge on any atom is 0.410 e. The van der Waals surface area contributed by atoms with Crippen molar-refractivity contribution in [3.8, 4) is 11.5 Å². The van der Waals surface area contributed by atoms with E-state index in [2.05, 4.69) is 22.8 Å². The van der Waals surface area contributed by atoms with E-state index in [-0.39, 0.29) is 48.3 Å². The molecule has 8 aromatic carbocycles. The lowest BCUT2D eigenvalue weighted by atomic mass is 9.80. The van der Waals surface area contributed by atoms with Gasteiger partial charge in [0, 0.05) is 44.8 Å². The Balaban J connectivity index is 0.000000194. The number of carbonyl (C=O) groups is 6. The van der Waals surface area contributed by atoms with Gasteiger partial charge in [0.05, 0.1) is 41.8 Å². The number of nitrogens with zero attached hydrogens (tertiary/aromatic N) is 3. The number of hydrogen-bond donors (Lipinski definition) is 3. The molecule has 0 aliphatic carbocycles. The van der Waals surface area contributed by atoms with Gasteiger partial charge in [-0.2, -0.15) is 0 Å². The van der Waals surface area contributed by atoms with Crippen LogP contribution in [-0.2, 0) is 55.4 Å². The molecule has 0 bridgehead atoms. The molecular formula is C79H89Cl3N6O12. The molecule has 4 N–H and O–H groups in total. The summed E-state index contributed by atoms with van der Waals surface area (Å²) in [7, 11) is 3.05. The molecular weight excluding hydrogens is 1330 g/mol. The highest BCUT2D eigenvalue weighted by Gasteiger charge is 2.42. The van der Waals surface area contributed by atoms with Gasteiger partial charge in [-0.15, -0.1) is 23.2 Å². The Morgan fingerprint density at radius 3 is 1.04 bits per heavy atom. The number of nitrogens with one attached hydrogen (secondary N) is 2. The molecule has 0 radical (unpaired) electrons. The Bertz CT molecular complexity index is 3800. The smallest absolute Gasteiger partial charge is 0.410 e. The molecule has 3 saturated heterocycles. The SMILES string of the molecule is CC(C)(C)OC(=O)NC1(c2ccccc2)CCN(C(=O)OCc2ccccc2)CC1.COc1ccccc1C(=O)Cl.COc1ccccc1C(=O)NC1(c2ccccc2)CCN(C(=O)OCc2ccccc2)CC1.ClCCl.NC1(c2ccccc2)CCN(C(=O)OCc2ccccc2)CC1. The summed E-state index contributed by atoms with van der Waals surface area (Å²) in [6.45, 7) is 9.49. The van der Waals surface area contributed by atoms with Crippen molar-refractivity contribution in [2.45, 2.75) is 101 Å². The van der Waals surface area contributed by atoms with Crippen molar-refractivity contribution in [3.05, 3.63) is 275 Å². The van der Waals surface area contributed by atoms with Crippen LogP contribution in [-0.4, -0.2) is 115 Å². The molecule has 0 saturated carbocycles. The van der Waals surface area contributed by atoms with Gasteiger partial charge < -0.3 is 59.5 Å². The van der Waals surface area contributed by atoms with Crippen molar-refractivity contribution >= 4 is 70.3 Å². The molecule has 0 unspecified atom stereocenters. The Kier molecular flexibility index (Phi) is 30.5. The zero-order valence-electron chi connectivity index (χ0n) is 57.2. The van der Waals surface area contributed by atoms with Gasteiger partial charge in [-0.3, -0.25) is 9.59 Å². The highest BCUT2D eigenvalue weighted by Crippen LogP contribution is 2.37. The first-order valence-electron chi connectivity index (χ1n) is 33.0. The summed E-state index contributed by atoms with van der Waals surface area (Å²) in [6.07, 6.45) is 2.43. The molecule has 18 nitrogen and oxygen atoms in total. The second kappa shape index (κ2) is 39.3. The maximum absolute atomic E-state index is 13.2. The number of benzene rings is 8. The van der Waals surface area contributed by atoms with Crippen LogP contribution in [0, 0.1) is 0 Å². The first-order chi connectivity index (χ1) is 48.2. The summed E-state index contributed by atoms with van der Waals surface area (Å²) >= 11 is 14.8. The van der Waals surface area contributed by atoms with Crippen LogP contribution in [0.5, 0.6) is 11.5 Å². The maximum atomic E-state index is 13.2. The number of rotatable bonds is 15. The van der Waals surface area contributed by atoms with Crippen molar-refractivity contribution in [1.82, 2.24) is 25.3 Å². The average molecular weight is 1420 g/mol. The fourth-order valence-electron chi connectivity index (χ4n) is 11.6. The number of halogens is 3. The second-order valence-corrected chi connectivity index (χ2v) is 26.0. The standard InChI is InChI=1S/C27H28N2O4.C24H30N2O4.C19H22N2O2.C8H7ClO2.CH2Cl2/c1-32-24-15-9-8-14-23(24)25(30)28-27(22-12-6-3-7-13-22)16-18-29(19-17-27)26(31)33-20-21-10-4-2-5-11-21;1-23(2,3)30-21(27)25-24(20-12-8-5-9-13-20)14-16-26(17-15-24)22(28)29-18-19-10-6-4-7-11-19;20-19(17-9-5-2-6-10-17)11-13-21(14-12-19)18(22)23-15-16-7-3-1-4-8-16;1-11-7-5-3-2-4-6(7)8(9)10;2-1-3/h2-15H,16-20H2,1H3,(H,28,30);4-13H,14-18H2,1-3H3,(H,25,27);1-10H,11-15,20H2;2-5H,1H3;1H2. The summed E-state index contributed by atoms with van der Waals surface area (Å²) in [5.74, 6) is 0.837. The molecule has 11 rings (SSSR count). The van der Waals surface area contributed by atoms with E-state index >= 15 is 0 Å². The van der Waals surface area contributed by atoms with Crippen molar-refractivity contribution in [2.75, 3.05) is 58.8 Å². The van der Waals surface area contributed by atoms with Gasteiger partial charge in [-0.25, -0.2) is 19.2 Å². The quantitative estimate of drug-likeness (QED) is 0.0495. The fraction of sp³-hybridized carbons (Fsp3) is 0.316. The van der Waals surface area contributed by atoms with Crippen molar-refractivity contribution in [1.29, 1.82) is 0 Å². The lowest BCUT2D eigenvalue weighted by molar-refractivity contribution is 0.0358. The Morgan fingerprint density at radius 1 is 0.420 bits per heavy atom. The minimum Gasteiger partial charge on any atom is -0.496 e. The van der Waals surface area contributed by atoms with Crippen LogP contribution < -0.4 is 25.8 Å². The third-order valence-corrected chi connectivity index (χ3v) is 17.2. The number of alkyl halides is 2. The largest absolute Gasteiger partial charge is 0.496 e. The van der Waals surface area contributed by atoms with Gasteiger partial charge in [0.2, 0.25) is 0 Å². The van der Waals surface area contributed by atoms with Gasteiger partial charge in [-0.1, -0.05) is 206 Å². The molecule has 3 aliphatic rings. The van der Waals surface area contributed by atoms with Crippen molar-refractivity contribution in [2.24, 2.45) is 5.73 Å². The van der Waals surface area contributed by atoms with Crippen molar-refractivity contribution < 1.29 is 57.2 Å². The topological polar surface area (TPSA) is 218 Å². The zero-order valence-corrected chi connectivity index (χ0v) is 59.5. The van der Waals surface area contributed by atoms with Gasteiger partial charge >= 0.3 is 24.4 Å². The first kappa shape index (κ1) is 77.8. The van der Waals surface area contributed by atoms with E-state index in [0.29, 0.717) is 94.2 Å². The van der Waals surface area contributed by atoms with E-state index in [1.807, 2.05) is 203 Å². The van der Waals surface area contributed by atoms with Crippen LogP contribution in [0.15, 0.2) is 231 Å². The van der Waals surface area contributed by atoms with Crippen LogP contribution in [0.4, 0.5) is 19.2 Å². The van der Waals surface area contributed by atoms with Crippen LogP contribution in [0.3, 0.4) is 0 Å². The number of hydrogen-bond acceptors (Lipinski definition) is 13. The minimum atomic E-state index is -0.588. The van der Waals surface area contributed by atoms with Crippen LogP contribution in [0.2, 0.25) is 0 Å². The van der Waals surface area contributed by atoms with E-state index in [4.69, 9.17) is 69.0 Å². The number of para-hydroxylation sites is 2. The third kappa shape index (κ3) is 23.8. The van der Waals surface area contributed by atoms with Gasteiger partial charge in [0.15, 0.2) is 0 Å². The monoisotopic (exact) mass is 1420 g/mol. The lowest BCUT2D eigenvalue weighted by Crippen LogP contribution is -2.54. The van der Waals surface area contributed by atoms with Crippen LogP contribution >= 0.6 is 34.8 Å². The zero-order chi connectivity index (χ0) is 71.8. The molecule has 0 aromatic heterocycles. The molecule has 0 atom stereocenters. The number of alkyl carbamates (subject to hydrolysis) is 1. The number of amides is 5. The number of piperidine rings is 3. The van der Waals surface area contributed by atoms with Gasteiger partial charge in [0.1, 0.15) is 36.9 Å². The Labute approximate surface area is 601 Å². The fourth-order valence-corrected chi connectivity index (χ4v) is 11.8. The summed E-state index contributed by atoms with van der Waals surface area (Å²) in [5.41, 5.74) is 11.4. The van der Waals surface area contributed by atoms with Gasteiger partial charge in [0.25, 0.3) is 11.1 Å². The predicted octanol–water partition coefficient (Wildman–Crippen LogP) is 16.4.